The highest BCUT2D eigenvalue weighted by Gasteiger charge is 2.17. The molecule has 0 radical (unpaired) electrons. The summed E-state index contributed by atoms with van der Waals surface area (Å²) in [7, 11) is 0. The molecule has 3 nitrogen and oxygen atoms in total. The molecule has 1 unspecified atom stereocenters. The van der Waals surface area contributed by atoms with E-state index >= 15 is 0 Å². The first-order chi connectivity index (χ1) is 8.16. The SMILES string of the molecule is Cc1ccc(C(=O)NC2CCCNC2)c(Br)c1.Cl. The third-order valence-corrected chi connectivity index (χ3v) is 3.66. The molecule has 5 heteroatoms. The van der Waals surface area contributed by atoms with Crippen molar-refractivity contribution in [2.24, 2.45) is 0 Å². The van der Waals surface area contributed by atoms with Gasteiger partial charge in [0.25, 0.3) is 5.91 Å². The van der Waals surface area contributed by atoms with E-state index in [0.29, 0.717) is 5.56 Å². The van der Waals surface area contributed by atoms with E-state index in [0.717, 1.165) is 36.0 Å². The Labute approximate surface area is 122 Å². The maximum Gasteiger partial charge on any atom is 0.252 e. The second kappa shape index (κ2) is 7.12. The van der Waals surface area contributed by atoms with E-state index in [1.54, 1.807) is 0 Å². The van der Waals surface area contributed by atoms with Gasteiger partial charge in [-0.3, -0.25) is 4.79 Å². The van der Waals surface area contributed by atoms with E-state index in [-0.39, 0.29) is 24.4 Å². The largest absolute Gasteiger partial charge is 0.348 e. The molecule has 2 N–H and O–H groups in total. The normalized spacial score (nSPS) is 18.9. The molecule has 2 rings (SSSR count). The van der Waals surface area contributed by atoms with Crippen LogP contribution in [-0.2, 0) is 0 Å². The number of hydrogen-bond donors (Lipinski definition) is 2. The first-order valence-corrected chi connectivity index (χ1v) is 6.74. The van der Waals surface area contributed by atoms with Crippen LogP contribution in [0.3, 0.4) is 0 Å². The van der Waals surface area contributed by atoms with E-state index in [1.807, 2.05) is 25.1 Å². The summed E-state index contributed by atoms with van der Waals surface area (Å²) in [5, 5.41) is 6.35. The third-order valence-electron chi connectivity index (χ3n) is 3.00. The lowest BCUT2D eigenvalue weighted by Crippen LogP contribution is -2.45. The molecule has 0 aliphatic carbocycles. The molecule has 1 aromatic carbocycles. The highest BCUT2D eigenvalue weighted by molar-refractivity contribution is 9.10. The van der Waals surface area contributed by atoms with Crippen molar-refractivity contribution in [1.29, 1.82) is 0 Å². The number of hydrogen-bond acceptors (Lipinski definition) is 2. The number of aryl methyl sites for hydroxylation is 1. The first-order valence-electron chi connectivity index (χ1n) is 5.94. The number of carbonyl (C=O) groups is 1. The molecule has 0 bridgehead atoms. The van der Waals surface area contributed by atoms with Crippen molar-refractivity contribution in [1.82, 2.24) is 10.6 Å². The standard InChI is InChI=1S/C13H17BrN2O.ClH/c1-9-4-5-11(12(14)7-9)13(17)16-10-3-2-6-15-8-10;/h4-5,7,10,15H,2-3,6,8H2,1H3,(H,16,17);1H. The Balaban J connectivity index is 0.00000162. The van der Waals surface area contributed by atoms with Crippen molar-refractivity contribution in [3.63, 3.8) is 0 Å². The fraction of sp³-hybridized carbons (Fsp3) is 0.462. The van der Waals surface area contributed by atoms with Crippen LogP contribution in [0, 0.1) is 6.92 Å². The van der Waals surface area contributed by atoms with Crippen LogP contribution in [0.1, 0.15) is 28.8 Å². The molecule has 0 aromatic heterocycles. The van der Waals surface area contributed by atoms with Crippen LogP contribution >= 0.6 is 28.3 Å². The van der Waals surface area contributed by atoms with E-state index in [9.17, 15) is 4.79 Å². The van der Waals surface area contributed by atoms with Gasteiger partial charge < -0.3 is 10.6 Å². The van der Waals surface area contributed by atoms with Crippen LogP contribution in [0.5, 0.6) is 0 Å². The molecule has 1 heterocycles. The highest BCUT2D eigenvalue weighted by Crippen LogP contribution is 2.18. The highest BCUT2D eigenvalue weighted by atomic mass is 79.9. The van der Waals surface area contributed by atoms with E-state index < -0.39 is 0 Å². The van der Waals surface area contributed by atoms with Gasteiger partial charge in [0.2, 0.25) is 0 Å². The number of nitrogens with one attached hydrogen (secondary N) is 2. The molecular formula is C13H18BrClN2O. The van der Waals surface area contributed by atoms with E-state index in [2.05, 4.69) is 26.6 Å². The molecule has 1 aliphatic rings. The fourth-order valence-electron chi connectivity index (χ4n) is 2.04. The number of carbonyl (C=O) groups excluding carboxylic acids is 1. The summed E-state index contributed by atoms with van der Waals surface area (Å²) < 4.78 is 0.860. The van der Waals surface area contributed by atoms with Gasteiger partial charge in [-0.2, -0.15) is 0 Å². The minimum absolute atomic E-state index is 0. The molecule has 1 aliphatic heterocycles. The lowest BCUT2D eigenvalue weighted by atomic mass is 10.1. The van der Waals surface area contributed by atoms with Gasteiger partial charge in [-0.05, 0) is 59.9 Å². The van der Waals surface area contributed by atoms with Crippen molar-refractivity contribution in [2.45, 2.75) is 25.8 Å². The van der Waals surface area contributed by atoms with Crippen molar-refractivity contribution >= 4 is 34.2 Å². The van der Waals surface area contributed by atoms with Crippen LogP contribution in [0.25, 0.3) is 0 Å². The molecule has 1 atom stereocenters. The number of halogens is 2. The molecule has 1 aromatic rings. The van der Waals surface area contributed by atoms with Gasteiger partial charge in [0.05, 0.1) is 5.56 Å². The summed E-state index contributed by atoms with van der Waals surface area (Å²) in [6.07, 6.45) is 2.18. The number of benzene rings is 1. The Morgan fingerprint density at radius 2 is 2.28 bits per heavy atom. The number of amides is 1. The predicted molar refractivity (Wildman–Crippen MR) is 79.5 cm³/mol. The smallest absolute Gasteiger partial charge is 0.252 e. The van der Waals surface area contributed by atoms with Gasteiger partial charge in [-0.25, -0.2) is 0 Å². The van der Waals surface area contributed by atoms with Gasteiger partial charge in [0.15, 0.2) is 0 Å². The minimum atomic E-state index is 0. The minimum Gasteiger partial charge on any atom is -0.348 e. The Hall–Kier alpha value is -0.580. The molecule has 0 spiro atoms. The maximum absolute atomic E-state index is 12.1. The summed E-state index contributed by atoms with van der Waals surface area (Å²) in [4.78, 5) is 12.1. The summed E-state index contributed by atoms with van der Waals surface area (Å²) in [5.74, 6) is 0.00516. The van der Waals surface area contributed by atoms with Crippen LogP contribution in [0.15, 0.2) is 22.7 Å². The van der Waals surface area contributed by atoms with E-state index in [1.165, 1.54) is 0 Å². The molecule has 1 fully saturated rings. The average molecular weight is 334 g/mol. The lowest BCUT2D eigenvalue weighted by molar-refractivity contribution is 0.0930. The number of piperidine rings is 1. The topological polar surface area (TPSA) is 41.1 Å². The second-order valence-corrected chi connectivity index (χ2v) is 5.35. The Bertz CT molecular complexity index is 419. The fourth-order valence-corrected chi connectivity index (χ4v) is 2.72. The van der Waals surface area contributed by atoms with Gasteiger partial charge in [0, 0.05) is 17.1 Å². The Kier molecular flexibility index (Phi) is 6.12. The summed E-state index contributed by atoms with van der Waals surface area (Å²) in [6.45, 7) is 3.94. The molecule has 0 saturated carbocycles. The molecule has 18 heavy (non-hydrogen) atoms. The summed E-state index contributed by atoms with van der Waals surface area (Å²) >= 11 is 3.44. The molecule has 1 amide bonds. The predicted octanol–water partition coefficient (Wildman–Crippen LogP) is 2.66. The van der Waals surface area contributed by atoms with Crippen molar-refractivity contribution in [3.05, 3.63) is 33.8 Å². The zero-order valence-electron chi connectivity index (χ0n) is 10.3. The van der Waals surface area contributed by atoms with Crippen molar-refractivity contribution in [3.8, 4) is 0 Å². The van der Waals surface area contributed by atoms with Crippen LogP contribution in [-0.4, -0.2) is 25.0 Å². The Morgan fingerprint density at radius 3 is 2.89 bits per heavy atom. The summed E-state index contributed by atoms with van der Waals surface area (Å²) in [6, 6.07) is 6.04. The van der Waals surface area contributed by atoms with Crippen molar-refractivity contribution < 1.29 is 4.79 Å². The lowest BCUT2D eigenvalue weighted by Gasteiger charge is -2.24. The molecule has 100 valence electrons. The zero-order valence-corrected chi connectivity index (χ0v) is 12.7. The van der Waals surface area contributed by atoms with Crippen LogP contribution in [0.2, 0.25) is 0 Å². The van der Waals surface area contributed by atoms with Gasteiger partial charge >= 0.3 is 0 Å². The molecular weight excluding hydrogens is 316 g/mol. The second-order valence-electron chi connectivity index (χ2n) is 4.50. The van der Waals surface area contributed by atoms with E-state index in [4.69, 9.17) is 0 Å². The van der Waals surface area contributed by atoms with Crippen molar-refractivity contribution in [2.75, 3.05) is 13.1 Å². The molecule has 1 saturated heterocycles. The summed E-state index contributed by atoms with van der Waals surface area (Å²) in [5.41, 5.74) is 1.86. The monoisotopic (exact) mass is 332 g/mol. The number of rotatable bonds is 2. The average Bonchev–Trinajstić information content (AvgIpc) is 2.30. The maximum atomic E-state index is 12.1. The van der Waals surface area contributed by atoms with Gasteiger partial charge in [0.1, 0.15) is 0 Å². The zero-order chi connectivity index (χ0) is 12.3. The quantitative estimate of drug-likeness (QED) is 0.873. The van der Waals surface area contributed by atoms with Crippen LogP contribution in [0.4, 0.5) is 0 Å². The Morgan fingerprint density at radius 1 is 1.50 bits per heavy atom. The van der Waals surface area contributed by atoms with Gasteiger partial charge in [-0.15, -0.1) is 12.4 Å². The van der Waals surface area contributed by atoms with Gasteiger partial charge in [-0.1, -0.05) is 6.07 Å². The third kappa shape index (κ3) is 3.97. The van der Waals surface area contributed by atoms with Crippen LogP contribution < -0.4 is 10.6 Å². The first kappa shape index (κ1) is 15.5.